The van der Waals surface area contributed by atoms with Gasteiger partial charge in [0.2, 0.25) is 5.88 Å². The molecule has 6 nitrogen and oxygen atoms in total. The predicted octanol–water partition coefficient (Wildman–Crippen LogP) is 3.32. The first kappa shape index (κ1) is 18.8. The van der Waals surface area contributed by atoms with Crippen LogP contribution in [0.4, 0.5) is 0 Å². The van der Waals surface area contributed by atoms with Gasteiger partial charge in [-0.05, 0) is 37.5 Å². The Balaban J connectivity index is 1.89. The fourth-order valence-electron chi connectivity index (χ4n) is 3.89. The summed E-state index contributed by atoms with van der Waals surface area (Å²) in [6.07, 6.45) is 1.97. The maximum atomic E-state index is 13.5. The zero-order chi connectivity index (χ0) is 19.8. The highest BCUT2D eigenvalue weighted by Crippen LogP contribution is 2.40. The summed E-state index contributed by atoms with van der Waals surface area (Å²) in [6.45, 7) is 3.09. The smallest absolute Gasteiger partial charge is 0.258 e. The fraction of sp³-hybridized carbons (Fsp3) is 0.333. The molecule has 2 atom stereocenters. The molecule has 4 rings (SSSR count). The van der Waals surface area contributed by atoms with E-state index in [4.69, 9.17) is 15.2 Å². The van der Waals surface area contributed by atoms with Gasteiger partial charge < -0.3 is 19.8 Å². The highest BCUT2D eigenvalue weighted by molar-refractivity contribution is 9.10. The maximum Gasteiger partial charge on any atom is 0.258 e. The first-order valence-corrected chi connectivity index (χ1v) is 9.98. The standard InChI is InChI=1S/C21H20BrN3O3/c1-12-9-17-19(21(26)25(12)11-15-3-2-8-27-15)18(16(10-23)20(24)28-17)13-4-6-14(22)7-5-13/h4-7,9,15,18H,2-3,8,11,24H2,1H3/t15-,18-/m0/s1. The number of pyridine rings is 1. The minimum absolute atomic E-state index is 0.0288. The van der Waals surface area contributed by atoms with Crippen LogP contribution in [0.1, 0.15) is 35.6 Å². The highest BCUT2D eigenvalue weighted by atomic mass is 79.9. The van der Waals surface area contributed by atoms with E-state index >= 15 is 0 Å². The number of ether oxygens (including phenoxy) is 2. The number of nitrogens with two attached hydrogens (primary N) is 1. The van der Waals surface area contributed by atoms with Gasteiger partial charge in [0.1, 0.15) is 17.4 Å². The molecule has 1 aromatic carbocycles. The molecule has 0 aliphatic carbocycles. The summed E-state index contributed by atoms with van der Waals surface area (Å²) < 4.78 is 14.0. The molecule has 0 unspecified atom stereocenters. The molecular weight excluding hydrogens is 422 g/mol. The summed E-state index contributed by atoms with van der Waals surface area (Å²) in [5, 5.41) is 9.71. The summed E-state index contributed by atoms with van der Waals surface area (Å²) in [7, 11) is 0. The SMILES string of the molecule is Cc1cc2c(c(=O)n1C[C@@H]1CCCO1)[C@@H](c1ccc(Br)cc1)C(C#N)=C(N)O2. The van der Waals surface area contributed by atoms with E-state index in [2.05, 4.69) is 22.0 Å². The lowest BCUT2D eigenvalue weighted by molar-refractivity contribution is 0.0955. The van der Waals surface area contributed by atoms with E-state index in [1.165, 1.54) is 0 Å². The van der Waals surface area contributed by atoms with E-state index in [9.17, 15) is 10.1 Å². The van der Waals surface area contributed by atoms with Crippen LogP contribution in [0.15, 0.2) is 51.1 Å². The van der Waals surface area contributed by atoms with Gasteiger partial charge >= 0.3 is 0 Å². The normalized spacial score (nSPS) is 21.2. The van der Waals surface area contributed by atoms with Crippen molar-refractivity contribution in [2.75, 3.05) is 6.61 Å². The van der Waals surface area contributed by atoms with Gasteiger partial charge in [-0.25, -0.2) is 0 Å². The number of hydrogen-bond donors (Lipinski definition) is 1. The number of nitrogens with zero attached hydrogens (tertiary/aromatic N) is 2. The molecule has 0 saturated carbocycles. The van der Waals surface area contributed by atoms with Gasteiger partial charge in [0.05, 0.1) is 24.1 Å². The molecular formula is C21H20BrN3O3. The van der Waals surface area contributed by atoms with Gasteiger partial charge in [0.25, 0.3) is 5.56 Å². The molecule has 2 N–H and O–H groups in total. The van der Waals surface area contributed by atoms with Gasteiger partial charge in [-0.3, -0.25) is 4.79 Å². The molecule has 2 aliphatic heterocycles. The van der Waals surface area contributed by atoms with Crippen LogP contribution in [-0.4, -0.2) is 17.3 Å². The van der Waals surface area contributed by atoms with Gasteiger partial charge in [-0.15, -0.1) is 0 Å². The Hall–Kier alpha value is -2.56. The van der Waals surface area contributed by atoms with Crippen molar-refractivity contribution in [1.29, 1.82) is 5.26 Å². The van der Waals surface area contributed by atoms with Crippen LogP contribution in [0.2, 0.25) is 0 Å². The van der Waals surface area contributed by atoms with Crippen LogP contribution in [0.25, 0.3) is 0 Å². The fourth-order valence-corrected chi connectivity index (χ4v) is 4.16. The van der Waals surface area contributed by atoms with Crippen molar-refractivity contribution in [2.45, 2.75) is 38.3 Å². The third kappa shape index (κ3) is 3.23. The summed E-state index contributed by atoms with van der Waals surface area (Å²) >= 11 is 3.42. The molecule has 0 amide bonds. The van der Waals surface area contributed by atoms with E-state index in [0.29, 0.717) is 17.9 Å². The average molecular weight is 442 g/mol. The third-order valence-corrected chi connectivity index (χ3v) is 5.83. The molecule has 0 bridgehead atoms. The van der Waals surface area contributed by atoms with Crippen molar-refractivity contribution in [1.82, 2.24) is 4.57 Å². The Bertz CT molecular complexity index is 1040. The quantitative estimate of drug-likeness (QED) is 0.788. The minimum Gasteiger partial charge on any atom is -0.440 e. The van der Waals surface area contributed by atoms with Crippen molar-refractivity contribution in [2.24, 2.45) is 5.73 Å². The third-order valence-electron chi connectivity index (χ3n) is 5.30. The Morgan fingerprint density at radius 2 is 2.11 bits per heavy atom. The number of benzene rings is 1. The van der Waals surface area contributed by atoms with Crippen molar-refractivity contribution >= 4 is 15.9 Å². The van der Waals surface area contributed by atoms with E-state index < -0.39 is 5.92 Å². The second kappa shape index (κ2) is 7.46. The molecule has 28 heavy (non-hydrogen) atoms. The topological polar surface area (TPSA) is 90.3 Å². The lowest BCUT2D eigenvalue weighted by Gasteiger charge is -2.28. The van der Waals surface area contributed by atoms with Crippen molar-refractivity contribution in [3.63, 3.8) is 0 Å². The summed E-state index contributed by atoms with van der Waals surface area (Å²) in [4.78, 5) is 13.5. The maximum absolute atomic E-state index is 13.5. The number of halogens is 1. The van der Waals surface area contributed by atoms with Crippen LogP contribution in [0.5, 0.6) is 5.75 Å². The molecule has 1 aromatic heterocycles. The van der Waals surface area contributed by atoms with E-state index in [1.54, 1.807) is 4.57 Å². The zero-order valence-corrected chi connectivity index (χ0v) is 17.0. The lowest BCUT2D eigenvalue weighted by atomic mass is 9.84. The Morgan fingerprint density at radius 3 is 2.75 bits per heavy atom. The summed E-state index contributed by atoms with van der Waals surface area (Å²) in [6, 6.07) is 11.5. The molecule has 1 saturated heterocycles. The number of hydrogen-bond acceptors (Lipinski definition) is 5. The molecule has 2 aromatic rings. The van der Waals surface area contributed by atoms with Gasteiger partial charge in [0, 0.05) is 22.8 Å². The minimum atomic E-state index is -0.564. The molecule has 144 valence electrons. The summed E-state index contributed by atoms with van der Waals surface area (Å²) in [5.74, 6) is -0.111. The molecule has 1 fully saturated rings. The second-order valence-electron chi connectivity index (χ2n) is 7.09. The molecule has 0 spiro atoms. The van der Waals surface area contributed by atoms with Crippen molar-refractivity contribution < 1.29 is 9.47 Å². The van der Waals surface area contributed by atoms with Crippen LogP contribution in [0, 0.1) is 18.3 Å². The van der Waals surface area contributed by atoms with Gasteiger partial charge in [-0.2, -0.15) is 5.26 Å². The largest absolute Gasteiger partial charge is 0.440 e. The van der Waals surface area contributed by atoms with Crippen LogP contribution < -0.4 is 16.0 Å². The number of allylic oxidation sites excluding steroid dienone is 1. The Kier molecular flexibility index (Phi) is 5.00. The molecule has 2 aliphatic rings. The van der Waals surface area contributed by atoms with E-state index in [1.807, 2.05) is 37.3 Å². The second-order valence-corrected chi connectivity index (χ2v) is 8.01. The number of fused-ring (bicyclic) bond motifs is 1. The monoisotopic (exact) mass is 441 g/mol. The van der Waals surface area contributed by atoms with Gasteiger partial charge in [0.15, 0.2) is 0 Å². The van der Waals surface area contributed by atoms with E-state index in [0.717, 1.165) is 35.2 Å². The highest BCUT2D eigenvalue weighted by Gasteiger charge is 2.34. The molecule has 0 radical (unpaired) electrons. The first-order chi connectivity index (χ1) is 13.5. The number of aryl methyl sites for hydroxylation is 1. The van der Waals surface area contributed by atoms with E-state index in [-0.39, 0.29) is 23.1 Å². The Morgan fingerprint density at radius 1 is 1.36 bits per heavy atom. The number of aromatic nitrogens is 1. The Labute approximate surface area is 171 Å². The van der Waals surface area contributed by atoms with Crippen LogP contribution in [0.3, 0.4) is 0 Å². The zero-order valence-electron chi connectivity index (χ0n) is 15.4. The van der Waals surface area contributed by atoms with Crippen molar-refractivity contribution in [3.8, 4) is 11.8 Å². The average Bonchev–Trinajstić information content (AvgIpc) is 3.18. The number of rotatable bonds is 3. The van der Waals surface area contributed by atoms with Crippen LogP contribution >= 0.6 is 15.9 Å². The first-order valence-electron chi connectivity index (χ1n) is 9.18. The molecule has 3 heterocycles. The van der Waals surface area contributed by atoms with Crippen LogP contribution in [-0.2, 0) is 11.3 Å². The summed E-state index contributed by atoms with van der Waals surface area (Å²) in [5.41, 5.74) is 8.15. The lowest BCUT2D eigenvalue weighted by Crippen LogP contribution is -2.35. The van der Waals surface area contributed by atoms with Crippen molar-refractivity contribution in [3.05, 3.63) is 73.4 Å². The van der Waals surface area contributed by atoms with Gasteiger partial charge in [-0.1, -0.05) is 28.1 Å². The predicted molar refractivity (Wildman–Crippen MR) is 108 cm³/mol. The number of nitriles is 1. The molecule has 7 heteroatoms.